The van der Waals surface area contributed by atoms with E-state index in [1.807, 2.05) is 31.2 Å². The first-order valence-corrected chi connectivity index (χ1v) is 6.45. The topological polar surface area (TPSA) is 66.1 Å². The fourth-order valence-corrected chi connectivity index (χ4v) is 2.54. The summed E-state index contributed by atoms with van der Waals surface area (Å²) in [6, 6.07) is 7.52. The molecule has 5 heteroatoms. The highest BCUT2D eigenvalue weighted by atomic mass is 16.3. The van der Waals surface area contributed by atoms with Crippen LogP contribution in [0.5, 0.6) is 0 Å². The number of nitrogens with two attached hydrogens (primary N) is 1. The Bertz CT molecular complexity index is 839. The van der Waals surface area contributed by atoms with Crippen LogP contribution in [0.2, 0.25) is 0 Å². The van der Waals surface area contributed by atoms with Crippen LogP contribution in [0.15, 0.2) is 39.7 Å². The van der Waals surface area contributed by atoms with Crippen molar-refractivity contribution in [3.63, 3.8) is 0 Å². The standard InChI is InChI=1S/C15H17N3O2/c1-9-6-11(8-20-9)14(16)10-4-5-12-13(7-10)18(3)15(19)17(12)2/h4-8,14H,16H2,1-3H3. The maximum Gasteiger partial charge on any atom is 0.328 e. The van der Waals surface area contributed by atoms with E-state index in [0.29, 0.717) is 0 Å². The van der Waals surface area contributed by atoms with Crippen molar-refractivity contribution in [1.82, 2.24) is 9.13 Å². The summed E-state index contributed by atoms with van der Waals surface area (Å²) in [6.07, 6.45) is 1.67. The second kappa shape index (κ2) is 4.38. The molecular formula is C15H17N3O2. The van der Waals surface area contributed by atoms with Crippen LogP contribution in [0, 0.1) is 6.92 Å². The predicted octanol–water partition coefficient (Wildman–Crippen LogP) is 1.83. The molecule has 1 atom stereocenters. The zero-order chi connectivity index (χ0) is 14.4. The number of aryl methyl sites for hydroxylation is 3. The maximum atomic E-state index is 11.9. The predicted molar refractivity (Wildman–Crippen MR) is 77.6 cm³/mol. The first kappa shape index (κ1) is 12.7. The molecule has 0 amide bonds. The van der Waals surface area contributed by atoms with Crippen molar-refractivity contribution in [2.45, 2.75) is 13.0 Å². The van der Waals surface area contributed by atoms with Crippen LogP contribution in [-0.4, -0.2) is 9.13 Å². The van der Waals surface area contributed by atoms with E-state index in [1.165, 1.54) is 0 Å². The Balaban J connectivity index is 2.14. The van der Waals surface area contributed by atoms with E-state index in [0.717, 1.165) is 27.9 Å². The van der Waals surface area contributed by atoms with Crippen LogP contribution in [0.25, 0.3) is 11.0 Å². The lowest BCUT2D eigenvalue weighted by Gasteiger charge is -2.10. The van der Waals surface area contributed by atoms with Gasteiger partial charge in [-0.25, -0.2) is 4.79 Å². The molecule has 104 valence electrons. The van der Waals surface area contributed by atoms with Gasteiger partial charge in [0.25, 0.3) is 0 Å². The van der Waals surface area contributed by atoms with Crippen LogP contribution in [0.1, 0.15) is 22.9 Å². The minimum absolute atomic E-state index is 0.0372. The van der Waals surface area contributed by atoms with E-state index >= 15 is 0 Å². The van der Waals surface area contributed by atoms with Gasteiger partial charge in [-0.2, -0.15) is 0 Å². The van der Waals surface area contributed by atoms with Gasteiger partial charge in [-0.3, -0.25) is 9.13 Å². The molecule has 20 heavy (non-hydrogen) atoms. The first-order valence-electron chi connectivity index (χ1n) is 6.45. The summed E-state index contributed by atoms with van der Waals surface area (Å²) in [6.45, 7) is 1.89. The molecule has 0 spiro atoms. The Hall–Kier alpha value is -2.27. The first-order chi connectivity index (χ1) is 9.49. The van der Waals surface area contributed by atoms with Crippen LogP contribution in [-0.2, 0) is 14.1 Å². The van der Waals surface area contributed by atoms with E-state index in [-0.39, 0.29) is 11.7 Å². The Kier molecular flexibility index (Phi) is 2.79. The van der Waals surface area contributed by atoms with Crippen molar-refractivity contribution in [2.24, 2.45) is 19.8 Å². The van der Waals surface area contributed by atoms with Gasteiger partial charge in [0.2, 0.25) is 0 Å². The van der Waals surface area contributed by atoms with Gasteiger partial charge in [0.15, 0.2) is 0 Å². The van der Waals surface area contributed by atoms with E-state index in [9.17, 15) is 4.79 Å². The molecule has 1 unspecified atom stereocenters. The third-order valence-electron chi connectivity index (χ3n) is 3.77. The van der Waals surface area contributed by atoms with E-state index < -0.39 is 0 Å². The summed E-state index contributed by atoms with van der Waals surface area (Å²) in [5.74, 6) is 0.837. The molecule has 0 aliphatic rings. The number of rotatable bonds is 2. The normalized spacial score (nSPS) is 13.0. The lowest BCUT2D eigenvalue weighted by molar-refractivity contribution is 0.530. The van der Waals surface area contributed by atoms with Crippen LogP contribution in [0.3, 0.4) is 0 Å². The zero-order valence-electron chi connectivity index (χ0n) is 11.8. The van der Waals surface area contributed by atoms with Crippen LogP contribution < -0.4 is 11.4 Å². The van der Waals surface area contributed by atoms with E-state index in [2.05, 4.69) is 0 Å². The molecule has 0 aliphatic heterocycles. The van der Waals surface area contributed by atoms with Crippen molar-refractivity contribution in [2.75, 3.05) is 0 Å². The number of imidazole rings is 1. The molecule has 2 heterocycles. The SMILES string of the molecule is Cc1cc(C(N)c2ccc3c(c2)n(C)c(=O)n3C)co1. The Labute approximate surface area is 116 Å². The number of aromatic nitrogens is 2. The molecule has 0 saturated heterocycles. The summed E-state index contributed by atoms with van der Waals surface area (Å²) in [4.78, 5) is 11.9. The van der Waals surface area contributed by atoms with Gasteiger partial charge in [0, 0.05) is 19.7 Å². The number of nitrogens with zero attached hydrogens (tertiary/aromatic N) is 2. The van der Waals surface area contributed by atoms with Crippen molar-refractivity contribution < 1.29 is 4.42 Å². The molecule has 2 aromatic heterocycles. The Morgan fingerprint density at radius 2 is 1.80 bits per heavy atom. The van der Waals surface area contributed by atoms with Crippen molar-refractivity contribution in [1.29, 1.82) is 0 Å². The van der Waals surface area contributed by atoms with Gasteiger partial charge in [0.05, 0.1) is 23.3 Å². The fourth-order valence-electron chi connectivity index (χ4n) is 2.54. The second-order valence-corrected chi connectivity index (χ2v) is 5.12. The Morgan fingerprint density at radius 1 is 1.10 bits per heavy atom. The number of fused-ring (bicyclic) bond motifs is 1. The Morgan fingerprint density at radius 3 is 2.45 bits per heavy atom. The zero-order valence-corrected chi connectivity index (χ0v) is 11.8. The number of hydrogen-bond donors (Lipinski definition) is 1. The molecule has 5 nitrogen and oxygen atoms in total. The van der Waals surface area contributed by atoms with Gasteiger partial charge in [-0.15, -0.1) is 0 Å². The molecule has 0 bridgehead atoms. The summed E-state index contributed by atoms with van der Waals surface area (Å²) in [7, 11) is 3.53. The highest BCUT2D eigenvalue weighted by molar-refractivity contribution is 5.77. The summed E-state index contributed by atoms with van der Waals surface area (Å²) in [5.41, 5.74) is 9.90. The van der Waals surface area contributed by atoms with Crippen LogP contribution in [0.4, 0.5) is 0 Å². The van der Waals surface area contributed by atoms with Crippen molar-refractivity contribution in [3.05, 3.63) is 57.9 Å². The number of benzene rings is 1. The number of furan rings is 1. The largest absolute Gasteiger partial charge is 0.469 e. The molecular weight excluding hydrogens is 254 g/mol. The third kappa shape index (κ3) is 1.78. The quantitative estimate of drug-likeness (QED) is 0.773. The molecule has 1 aromatic carbocycles. The second-order valence-electron chi connectivity index (χ2n) is 5.12. The van der Waals surface area contributed by atoms with Gasteiger partial charge in [-0.05, 0) is 30.7 Å². The molecule has 0 saturated carbocycles. The molecule has 3 aromatic rings. The molecule has 3 rings (SSSR count). The molecule has 0 radical (unpaired) electrons. The highest BCUT2D eigenvalue weighted by Gasteiger charge is 2.14. The minimum Gasteiger partial charge on any atom is -0.469 e. The summed E-state index contributed by atoms with van der Waals surface area (Å²) >= 11 is 0. The summed E-state index contributed by atoms with van der Waals surface area (Å²) in [5, 5.41) is 0. The third-order valence-corrected chi connectivity index (χ3v) is 3.77. The smallest absolute Gasteiger partial charge is 0.328 e. The number of hydrogen-bond acceptors (Lipinski definition) is 3. The lowest BCUT2D eigenvalue weighted by atomic mass is 10.0. The molecule has 2 N–H and O–H groups in total. The van der Waals surface area contributed by atoms with Crippen molar-refractivity contribution in [3.8, 4) is 0 Å². The fraction of sp³-hybridized carbons (Fsp3) is 0.267. The molecule has 0 fully saturated rings. The lowest BCUT2D eigenvalue weighted by Crippen LogP contribution is -2.19. The highest BCUT2D eigenvalue weighted by Crippen LogP contribution is 2.24. The van der Waals surface area contributed by atoms with E-state index in [4.69, 9.17) is 10.2 Å². The van der Waals surface area contributed by atoms with E-state index in [1.54, 1.807) is 29.5 Å². The average Bonchev–Trinajstić information content (AvgIpc) is 2.97. The van der Waals surface area contributed by atoms with Gasteiger partial charge < -0.3 is 10.2 Å². The minimum atomic E-state index is -0.257. The maximum absolute atomic E-state index is 11.9. The molecule has 0 aliphatic carbocycles. The van der Waals surface area contributed by atoms with Gasteiger partial charge in [0.1, 0.15) is 5.76 Å². The van der Waals surface area contributed by atoms with Crippen LogP contribution >= 0.6 is 0 Å². The monoisotopic (exact) mass is 271 g/mol. The van der Waals surface area contributed by atoms with Gasteiger partial charge in [-0.1, -0.05) is 6.07 Å². The summed E-state index contributed by atoms with van der Waals surface area (Å²) < 4.78 is 8.56. The average molecular weight is 271 g/mol. The van der Waals surface area contributed by atoms with Gasteiger partial charge >= 0.3 is 5.69 Å². The van der Waals surface area contributed by atoms with Crippen molar-refractivity contribution >= 4 is 11.0 Å².